The number of carboxylic acid groups (broad SMARTS) is 3. The predicted octanol–water partition coefficient (Wildman–Crippen LogP) is 2.75. The van der Waals surface area contributed by atoms with E-state index >= 15 is 0 Å². The van der Waals surface area contributed by atoms with Crippen molar-refractivity contribution in [3.63, 3.8) is 0 Å². The number of carbonyl (C=O) groups is 3. The molecule has 13 heteroatoms. The first-order chi connectivity index (χ1) is 17.9. The molecule has 0 amide bonds. The van der Waals surface area contributed by atoms with Crippen molar-refractivity contribution in [1.82, 2.24) is 20.0 Å². The Balaban J connectivity index is 0.000000332. The third-order valence-corrected chi connectivity index (χ3v) is 6.31. The number of nitrogens with one attached hydrogen (secondary N) is 1. The monoisotopic (exact) mass is 550 g/mol. The van der Waals surface area contributed by atoms with E-state index in [1.807, 2.05) is 19.2 Å². The van der Waals surface area contributed by atoms with Gasteiger partial charge in [0.15, 0.2) is 5.60 Å². The van der Waals surface area contributed by atoms with E-state index in [0.717, 1.165) is 49.8 Å². The molecular formula is C25H34N4O8S. The van der Waals surface area contributed by atoms with E-state index in [9.17, 15) is 14.4 Å². The van der Waals surface area contributed by atoms with Gasteiger partial charge in [0.05, 0.1) is 36.2 Å². The Bertz CT molecular complexity index is 1160. The van der Waals surface area contributed by atoms with Gasteiger partial charge in [0.2, 0.25) is 0 Å². The molecular weight excluding hydrogens is 516 g/mol. The second-order valence-electron chi connectivity index (χ2n) is 9.11. The normalized spacial score (nSPS) is 11.4. The van der Waals surface area contributed by atoms with Gasteiger partial charge in [-0.3, -0.25) is 19.6 Å². The lowest BCUT2D eigenvalue weighted by Gasteiger charge is -2.22. The van der Waals surface area contributed by atoms with E-state index in [-0.39, 0.29) is 0 Å². The van der Waals surface area contributed by atoms with Crippen molar-refractivity contribution in [3.8, 4) is 10.6 Å². The van der Waals surface area contributed by atoms with Gasteiger partial charge in [-0.15, -0.1) is 11.3 Å². The number of H-pyrrole nitrogens is 1. The number of aliphatic carboxylic acids is 3. The van der Waals surface area contributed by atoms with E-state index in [1.165, 1.54) is 10.4 Å². The minimum absolute atomic E-state index is 0.816. The van der Waals surface area contributed by atoms with Crippen LogP contribution < -0.4 is 0 Å². The summed E-state index contributed by atoms with van der Waals surface area (Å²) in [5.74, 6) is -3.04. The third kappa shape index (κ3) is 10.1. The minimum atomic E-state index is -2.74. The second-order valence-corrected chi connectivity index (χ2v) is 10.1. The van der Waals surface area contributed by atoms with Gasteiger partial charge in [-0.2, -0.15) is 5.10 Å². The highest BCUT2D eigenvalue weighted by Crippen LogP contribution is 2.27. The Morgan fingerprint density at radius 2 is 1.74 bits per heavy atom. The van der Waals surface area contributed by atoms with Crippen LogP contribution in [0.25, 0.3) is 10.6 Å². The Hall–Kier alpha value is -3.52. The van der Waals surface area contributed by atoms with Crippen molar-refractivity contribution in [3.05, 3.63) is 52.9 Å². The first kappa shape index (κ1) is 30.7. The van der Waals surface area contributed by atoms with Crippen LogP contribution in [-0.2, 0) is 27.5 Å². The summed E-state index contributed by atoms with van der Waals surface area (Å²) in [6, 6.07) is 8.31. The van der Waals surface area contributed by atoms with Crippen LogP contribution in [0.15, 0.2) is 40.3 Å². The summed E-state index contributed by atoms with van der Waals surface area (Å²) in [5, 5.41) is 43.3. The predicted molar refractivity (Wildman–Crippen MR) is 140 cm³/mol. The summed E-state index contributed by atoms with van der Waals surface area (Å²) in [6.07, 6.45) is 0.781. The summed E-state index contributed by atoms with van der Waals surface area (Å²) in [7, 11) is 4.23. The maximum absolute atomic E-state index is 10.3. The van der Waals surface area contributed by atoms with E-state index in [1.54, 1.807) is 11.3 Å². The van der Waals surface area contributed by atoms with Crippen LogP contribution in [0.2, 0.25) is 0 Å². The average molecular weight is 551 g/mol. The molecule has 12 nitrogen and oxygen atoms in total. The topological polar surface area (TPSA) is 180 Å². The Labute approximate surface area is 224 Å². The number of rotatable bonds is 14. The van der Waals surface area contributed by atoms with E-state index in [4.69, 9.17) is 24.8 Å². The number of aryl methyl sites for hydroxylation is 1. The van der Waals surface area contributed by atoms with Crippen LogP contribution in [0.4, 0.5) is 0 Å². The van der Waals surface area contributed by atoms with Crippen molar-refractivity contribution < 1.29 is 39.2 Å². The molecule has 0 atom stereocenters. The number of thiophene rings is 1. The standard InChI is InChI=1S/C19H26N4OS.C6H8O7/c1-15-7-8-17(24-15)14-23(10-5-9-22(2)3)13-16-12-20-21-19(16)18-6-4-11-25-18;7-3(8)1-6(13,5(11)12)2-4(9)10/h4,6-8,11-12H,5,9-10,13-14H2,1-3H3,(H,20,21);13H,1-2H2,(H,7,8)(H,9,10)(H,11,12). The van der Waals surface area contributed by atoms with Gasteiger partial charge in [-0.1, -0.05) is 6.07 Å². The molecule has 0 saturated carbocycles. The van der Waals surface area contributed by atoms with Gasteiger partial charge in [0.1, 0.15) is 11.5 Å². The Morgan fingerprint density at radius 3 is 2.24 bits per heavy atom. The first-order valence-corrected chi connectivity index (χ1v) is 12.7. The number of furan rings is 1. The fourth-order valence-corrected chi connectivity index (χ4v) is 4.39. The number of nitrogens with zero attached hydrogens (tertiary/aromatic N) is 3. The smallest absolute Gasteiger partial charge is 0.336 e. The number of aromatic amines is 1. The lowest BCUT2D eigenvalue weighted by atomic mass is 9.96. The second kappa shape index (κ2) is 14.4. The van der Waals surface area contributed by atoms with Crippen LogP contribution in [-0.4, -0.2) is 91.1 Å². The van der Waals surface area contributed by atoms with Crippen LogP contribution in [0.5, 0.6) is 0 Å². The molecule has 3 aromatic rings. The van der Waals surface area contributed by atoms with Crippen molar-refractivity contribution in [1.29, 1.82) is 0 Å². The zero-order chi connectivity index (χ0) is 28.3. The maximum Gasteiger partial charge on any atom is 0.336 e. The van der Waals surface area contributed by atoms with E-state index < -0.39 is 36.4 Å². The summed E-state index contributed by atoms with van der Waals surface area (Å²) >= 11 is 1.74. The van der Waals surface area contributed by atoms with Crippen LogP contribution >= 0.6 is 11.3 Å². The zero-order valence-corrected chi connectivity index (χ0v) is 22.4. The molecule has 0 unspecified atom stereocenters. The molecule has 0 saturated heterocycles. The van der Waals surface area contributed by atoms with Crippen molar-refractivity contribution >= 4 is 29.2 Å². The summed E-state index contributed by atoms with van der Waals surface area (Å²) in [5.41, 5.74) is -0.378. The number of aliphatic hydroxyl groups is 1. The summed E-state index contributed by atoms with van der Waals surface area (Å²) < 4.78 is 5.79. The number of aromatic nitrogens is 2. The quantitative estimate of drug-likeness (QED) is 0.199. The fourth-order valence-electron chi connectivity index (χ4n) is 3.64. The SMILES string of the molecule is Cc1ccc(CN(CCCN(C)C)Cc2cn[nH]c2-c2cccs2)o1.O=C(O)CC(O)(CC(=O)O)C(=O)O. The van der Waals surface area contributed by atoms with Crippen molar-refractivity contribution in [2.45, 2.75) is 44.9 Å². The van der Waals surface area contributed by atoms with Crippen molar-refractivity contribution in [2.24, 2.45) is 0 Å². The number of carboxylic acids is 3. The van der Waals surface area contributed by atoms with E-state index in [0.29, 0.717) is 0 Å². The molecule has 38 heavy (non-hydrogen) atoms. The maximum atomic E-state index is 10.3. The van der Waals surface area contributed by atoms with Gasteiger partial charge < -0.3 is 29.7 Å². The molecule has 0 aliphatic heterocycles. The molecule has 0 bridgehead atoms. The summed E-state index contributed by atoms with van der Waals surface area (Å²) in [6.45, 7) is 5.77. The molecule has 208 valence electrons. The van der Waals surface area contributed by atoms with Crippen LogP contribution in [0, 0.1) is 6.92 Å². The molecule has 3 aromatic heterocycles. The average Bonchev–Trinajstić information content (AvgIpc) is 3.55. The van der Waals surface area contributed by atoms with Gasteiger partial charge in [0, 0.05) is 18.7 Å². The molecule has 0 spiro atoms. The highest BCUT2D eigenvalue weighted by molar-refractivity contribution is 7.13. The highest BCUT2D eigenvalue weighted by Gasteiger charge is 2.40. The molecule has 3 rings (SSSR count). The molecule has 5 N–H and O–H groups in total. The largest absolute Gasteiger partial charge is 0.481 e. The number of hydrogen-bond donors (Lipinski definition) is 5. The van der Waals surface area contributed by atoms with Gasteiger partial charge in [0.25, 0.3) is 0 Å². The van der Waals surface area contributed by atoms with Gasteiger partial charge in [-0.25, -0.2) is 4.79 Å². The summed E-state index contributed by atoms with van der Waals surface area (Å²) in [4.78, 5) is 36.4. The molecule has 3 heterocycles. The Morgan fingerprint density at radius 1 is 1.05 bits per heavy atom. The number of hydrogen-bond acceptors (Lipinski definition) is 9. The van der Waals surface area contributed by atoms with E-state index in [2.05, 4.69) is 57.7 Å². The first-order valence-electron chi connectivity index (χ1n) is 11.8. The molecule has 0 radical (unpaired) electrons. The highest BCUT2D eigenvalue weighted by atomic mass is 32.1. The molecule has 0 fully saturated rings. The Kier molecular flexibility index (Phi) is 11.7. The molecule has 0 aliphatic carbocycles. The lowest BCUT2D eigenvalue weighted by molar-refractivity contribution is -0.170. The molecule has 0 aliphatic rings. The van der Waals surface area contributed by atoms with Gasteiger partial charge >= 0.3 is 17.9 Å². The lowest BCUT2D eigenvalue weighted by Crippen LogP contribution is -2.42. The fraction of sp³-hybridized carbons (Fsp3) is 0.440. The van der Waals surface area contributed by atoms with Crippen molar-refractivity contribution in [2.75, 3.05) is 27.2 Å². The third-order valence-electron chi connectivity index (χ3n) is 5.42. The van der Waals surface area contributed by atoms with Crippen LogP contribution in [0.1, 0.15) is 36.3 Å². The minimum Gasteiger partial charge on any atom is -0.481 e. The molecule has 0 aromatic carbocycles. The zero-order valence-electron chi connectivity index (χ0n) is 21.6. The van der Waals surface area contributed by atoms with Crippen LogP contribution in [0.3, 0.4) is 0 Å². The van der Waals surface area contributed by atoms with Gasteiger partial charge in [-0.05, 0) is 57.6 Å².